The van der Waals surface area contributed by atoms with Crippen LogP contribution in [-0.4, -0.2) is 28.5 Å². The minimum Gasteiger partial charge on any atom is -0.357 e. The van der Waals surface area contributed by atoms with Gasteiger partial charge in [-0.05, 0) is 49.3 Å². The van der Waals surface area contributed by atoms with Gasteiger partial charge in [0.2, 0.25) is 17.8 Å². The molecule has 1 aromatic carbocycles. The Hall–Kier alpha value is -2.37. The first kappa shape index (κ1) is 18.4. The van der Waals surface area contributed by atoms with Gasteiger partial charge in [0.25, 0.3) is 0 Å². The van der Waals surface area contributed by atoms with Crippen molar-refractivity contribution < 1.29 is 0 Å². The molecule has 26 heavy (non-hydrogen) atoms. The number of benzene rings is 1. The number of nitrogens with zero attached hydrogens (tertiary/aromatic N) is 3. The van der Waals surface area contributed by atoms with Gasteiger partial charge in [-0.1, -0.05) is 37.5 Å². The van der Waals surface area contributed by atoms with Crippen molar-refractivity contribution in [1.82, 2.24) is 15.0 Å². The maximum atomic E-state index is 4.55. The third-order valence-electron chi connectivity index (χ3n) is 5.29. The SMILES string of the molecule is CNc1nc(NCc2cccc(C)c2C)nc(NCC2CCCCC2)n1. The highest BCUT2D eigenvalue weighted by Crippen LogP contribution is 2.24. The van der Waals surface area contributed by atoms with Crippen LogP contribution < -0.4 is 16.0 Å². The number of nitrogens with one attached hydrogen (secondary N) is 3. The Morgan fingerprint density at radius 3 is 2.35 bits per heavy atom. The molecule has 6 nitrogen and oxygen atoms in total. The first-order valence-corrected chi connectivity index (χ1v) is 9.62. The summed E-state index contributed by atoms with van der Waals surface area (Å²) in [5.74, 6) is 2.54. The van der Waals surface area contributed by atoms with Crippen molar-refractivity contribution in [3.05, 3.63) is 34.9 Å². The van der Waals surface area contributed by atoms with Crippen LogP contribution in [0, 0.1) is 19.8 Å². The van der Waals surface area contributed by atoms with E-state index in [0.717, 1.165) is 12.5 Å². The molecule has 1 heterocycles. The zero-order valence-electron chi connectivity index (χ0n) is 16.1. The average molecular weight is 355 g/mol. The van der Waals surface area contributed by atoms with Gasteiger partial charge in [-0.25, -0.2) is 0 Å². The molecule has 0 spiro atoms. The molecule has 1 aliphatic rings. The van der Waals surface area contributed by atoms with Gasteiger partial charge in [0.15, 0.2) is 0 Å². The number of hydrogen-bond acceptors (Lipinski definition) is 6. The molecule has 0 bridgehead atoms. The van der Waals surface area contributed by atoms with E-state index < -0.39 is 0 Å². The Morgan fingerprint density at radius 1 is 0.923 bits per heavy atom. The molecule has 0 amide bonds. The molecule has 0 aliphatic heterocycles. The van der Waals surface area contributed by atoms with Crippen LogP contribution in [0.5, 0.6) is 0 Å². The van der Waals surface area contributed by atoms with Crippen LogP contribution in [0.2, 0.25) is 0 Å². The molecule has 6 heteroatoms. The van der Waals surface area contributed by atoms with Crippen molar-refractivity contribution >= 4 is 17.8 Å². The summed E-state index contributed by atoms with van der Waals surface area (Å²) in [7, 11) is 1.83. The van der Waals surface area contributed by atoms with Crippen LogP contribution in [0.25, 0.3) is 0 Å². The van der Waals surface area contributed by atoms with Gasteiger partial charge < -0.3 is 16.0 Å². The van der Waals surface area contributed by atoms with Gasteiger partial charge in [-0.2, -0.15) is 15.0 Å². The standard InChI is InChI=1S/C20H30N6/c1-14-8-7-11-17(15(14)2)13-23-20-25-18(21-3)24-19(26-20)22-12-16-9-5-4-6-10-16/h7-8,11,16H,4-6,9-10,12-13H2,1-3H3,(H3,21,22,23,24,25,26). The summed E-state index contributed by atoms with van der Waals surface area (Å²) in [4.78, 5) is 13.4. The molecule has 140 valence electrons. The second kappa shape index (κ2) is 8.83. The summed E-state index contributed by atoms with van der Waals surface area (Å²) in [6.45, 7) is 5.91. The van der Waals surface area contributed by atoms with E-state index in [1.54, 1.807) is 0 Å². The highest BCUT2D eigenvalue weighted by Gasteiger charge is 2.14. The first-order valence-electron chi connectivity index (χ1n) is 9.62. The van der Waals surface area contributed by atoms with E-state index >= 15 is 0 Å². The summed E-state index contributed by atoms with van der Waals surface area (Å²) in [5, 5.41) is 9.77. The Labute approximate surface area is 156 Å². The summed E-state index contributed by atoms with van der Waals surface area (Å²) in [6.07, 6.45) is 6.66. The second-order valence-electron chi connectivity index (χ2n) is 7.15. The number of anilines is 3. The maximum absolute atomic E-state index is 4.55. The molecule has 1 aliphatic carbocycles. The monoisotopic (exact) mass is 354 g/mol. The minimum atomic E-state index is 0.578. The van der Waals surface area contributed by atoms with Crippen LogP contribution in [0.3, 0.4) is 0 Å². The van der Waals surface area contributed by atoms with E-state index in [1.807, 2.05) is 7.05 Å². The molecular weight excluding hydrogens is 324 g/mol. The Kier molecular flexibility index (Phi) is 6.26. The summed E-state index contributed by atoms with van der Waals surface area (Å²) in [6, 6.07) is 6.36. The van der Waals surface area contributed by atoms with Crippen molar-refractivity contribution in [2.75, 3.05) is 29.5 Å². The Bertz CT molecular complexity index is 724. The van der Waals surface area contributed by atoms with Crippen molar-refractivity contribution in [2.24, 2.45) is 5.92 Å². The van der Waals surface area contributed by atoms with E-state index in [9.17, 15) is 0 Å². The molecule has 0 atom stereocenters. The fraction of sp³-hybridized carbons (Fsp3) is 0.550. The summed E-state index contributed by atoms with van der Waals surface area (Å²) >= 11 is 0. The van der Waals surface area contributed by atoms with Gasteiger partial charge in [0.05, 0.1) is 0 Å². The molecule has 1 fully saturated rings. The van der Waals surface area contributed by atoms with Crippen LogP contribution in [0.1, 0.15) is 48.8 Å². The van der Waals surface area contributed by atoms with E-state index in [0.29, 0.717) is 24.4 Å². The topological polar surface area (TPSA) is 74.8 Å². The lowest BCUT2D eigenvalue weighted by Crippen LogP contribution is -2.19. The van der Waals surface area contributed by atoms with Crippen LogP contribution in [-0.2, 0) is 6.54 Å². The summed E-state index contributed by atoms with van der Waals surface area (Å²) in [5.41, 5.74) is 3.86. The average Bonchev–Trinajstić information content (AvgIpc) is 2.68. The van der Waals surface area contributed by atoms with E-state index in [2.05, 4.69) is 62.9 Å². The normalized spacial score (nSPS) is 14.9. The molecule has 1 saturated carbocycles. The lowest BCUT2D eigenvalue weighted by molar-refractivity contribution is 0.373. The number of aromatic nitrogens is 3. The van der Waals surface area contributed by atoms with Crippen molar-refractivity contribution in [1.29, 1.82) is 0 Å². The lowest BCUT2D eigenvalue weighted by Gasteiger charge is -2.21. The van der Waals surface area contributed by atoms with Crippen molar-refractivity contribution in [2.45, 2.75) is 52.5 Å². The maximum Gasteiger partial charge on any atom is 0.229 e. The largest absolute Gasteiger partial charge is 0.357 e. The highest BCUT2D eigenvalue weighted by molar-refractivity contribution is 5.43. The quantitative estimate of drug-likeness (QED) is 0.694. The second-order valence-corrected chi connectivity index (χ2v) is 7.15. The number of rotatable bonds is 7. The predicted octanol–water partition coefficient (Wildman–Crippen LogP) is 4.13. The zero-order valence-corrected chi connectivity index (χ0v) is 16.1. The van der Waals surface area contributed by atoms with Gasteiger partial charge >= 0.3 is 0 Å². The zero-order chi connectivity index (χ0) is 18.4. The molecule has 1 aromatic heterocycles. The van der Waals surface area contributed by atoms with Crippen LogP contribution >= 0.6 is 0 Å². The van der Waals surface area contributed by atoms with Crippen LogP contribution in [0.15, 0.2) is 18.2 Å². The highest BCUT2D eigenvalue weighted by atomic mass is 15.3. The Balaban J connectivity index is 1.65. The molecular formula is C20H30N6. The van der Waals surface area contributed by atoms with Crippen molar-refractivity contribution in [3.8, 4) is 0 Å². The first-order chi connectivity index (χ1) is 12.7. The predicted molar refractivity (Wildman–Crippen MR) is 108 cm³/mol. The van der Waals surface area contributed by atoms with Gasteiger partial charge in [-0.3, -0.25) is 0 Å². The molecule has 0 unspecified atom stereocenters. The van der Waals surface area contributed by atoms with Gasteiger partial charge in [0, 0.05) is 20.1 Å². The summed E-state index contributed by atoms with van der Waals surface area (Å²) < 4.78 is 0. The molecule has 3 N–H and O–H groups in total. The third kappa shape index (κ3) is 4.84. The Morgan fingerprint density at radius 2 is 1.62 bits per heavy atom. The minimum absolute atomic E-state index is 0.578. The van der Waals surface area contributed by atoms with Crippen LogP contribution in [0.4, 0.5) is 17.8 Å². The fourth-order valence-electron chi connectivity index (χ4n) is 3.45. The number of aryl methyl sites for hydroxylation is 1. The smallest absolute Gasteiger partial charge is 0.229 e. The molecule has 2 aromatic rings. The van der Waals surface area contributed by atoms with Gasteiger partial charge in [-0.15, -0.1) is 0 Å². The molecule has 0 radical (unpaired) electrons. The lowest BCUT2D eigenvalue weighted by atomic mass is 9.89. The number of hydrogen-bond donors (Lipinski definition) is 3. The van der Waals surface area contributed by atoms with Gasteiger partial charge in [0.1, 0.15) is 0 Å². The van der Waals surface area contributed by atoms with Crippen molar-refractivity contribution in [3.63, 3.8) is 0 Å². The van der Waals surface area contributed by atoms with E-state index in [-0.39, 0.29) is 0 Å². The fourth-order valence-corrected chi connectivity index (χ4v) is 3.45. The molecule has 3 rings (SSSR count). The molecule has 0 saturated heterocycles. The van der Waals surface area contributed by atoms with E-state index in [1.165, 1.54) is 48.8 Å². The van der Waals surface area contributed by atoms with E-state index in [4.69, 9.17) is 0 Å². The third-order valence-corrected chi connectivity index (χ3v) is 5.29.